The van der Waals surface area contributed by atoms with Crippen LogP contribution in [0.3, 0.4) is 0 Å². The second kappa shape index (κ2) is 12.8. The van der Waals surface area contributed by atoms with Crippen molar-refractivity contribution in [2.75, 3.05) is 13.7 Å². The third-order valence-corrected chi connectivity index (χ3v) is 5.29. The van der Waals surface area contributed by atoms with E-state index < -0.39 is 23.7 Å². The Morgan fingerprint density at radius 2 is 1.72 bits per heavy atom. The zero-order valence-corrected chi connectivity index (χ0v) is 21.8. The zero-order valence-electron chi connectivity index (χ0n) is 21.8. The first-order valence-electron chi connectivity index (χ1n) is 12.1. The van der Waals surface area contributed by atoms with Crippen molar-refractivity contribution in [1.82, 2.24) is 9.88 Å². The number of aliphatic carboxylic acids is 1. The second-order valence-corrected chi connectivity index (χ2v) is 8.99. The molecule has 0 bridgehead atoms. The second-order valence-electron chi connectivity index (χ2n) is 8.99. The molecular weight excluding hydrogens is 460 g/mol. The number of fused-ring (bicyclic) bond motifs is 1. The molecule has 1 atom stereocenters. The number of pyridine rings is 1. The summed E-state index contributed by atoms with van der Waals surface area (Å²) >= 11 is 0. The SMILES string of the molecule is CC.CC(C)(C)OC(=O)N1CCCC1C(=O)O.COc1ccc2c(=O)cc(-c3ccccc3)[nH]c2c1. The first-order valence-corrected chi connectivity index (χ1v) is 12.1. The van der Waals surface area contributed by atoms with Gasteiger partial charge in [0.15, 0.2) is 5.43 Å². The van der Waals surface area contributed by atoms with Gasteiger partial charge < -0.3 is 19.6 Å². The maximum absolute atomic E-state index is 12.1. The number of aromatic nitrogens is 1. The molecule has 8 nitrogen and oxygen atoms in total. The van der Waals surface area contributed by atoms with Crippen LogP contribution in [0.5, 0.6) is 5.75 Å². The third-order valence-electron chi connectivity index (χ3n) is 5.29. The fourth-order valence-electron chi connectivity index (χ4n) is 3.69. The summed E-state index contributed by atoms with van der Waals surface area (Å²) in [7, 11) is 1.61. The molecule has 0 saturated carbocycles. The predicted octanol–water partition coefficient (Wildman–Crippen LogP) is 5.70. The first-order chi connectivity index (χ1) is 17.1. The number of carbonyl (C=O) groups excluding carboxylic acids is 1. The Morgan fingerprint density at radius 3 is 2.31 bits per heavy atom. The topological polar surface area (TPSA) is 109 Å². The number of aromatic amines is 1. The van der Waals surface area contributed by atoms with E-state index in [1.54, 1.807) is 46.1 Å². The lowest BCUT2D eigenvalue weighted by Crippen LogP contribution is -2.43. The highest BCUT2D eigenvalue weighted by Crippen LogP contribution is 2.22. The van der Waals surface area contributed by atoms with Gasteiger partial charge in [-0.2, -0.15) is 0 Å². The van der Waals surface area contributed by atoms with Crippen LogP contribution in [-0.4, -0.2) is 52.4 Å². The maximum atomic E-state index is 12.1. The van der Waals surface area contributed by atoms with Crippen molar-refractivity contribution in [1.29, 1.82) is 0 Å². The molecule has 3 aromatic rings. The van der Waals surface area contributed by atoms with Gasteiger partial charge in [0, 0.05) is 29.8 Å². The van der Waals surface area contributed by atoms with E-state index in [1.807, 2.05) is 50.2 Å². The number of methoxy groups -OCH3 is 1. The van der Waals surface area contributed by atoms with E-state index in [0.717, 1.165) is 28.9 Å². The van der Waals surface area contributed by atoms with E-state index in [0.29, 0.717) is 18.4 Å². The molecule has 36 heavy (non-hydrogen) atoms. The van der Waals surface area contributed by atoms with Gasteiger partial charge in [-0.25, -0.2) is 9.59 Å². The van der Waals surface area contributed by atoms with E-state index in [-0.39, 0.29) is 5.43 Å². The van der Waals surface area contributed by atoms with Gasteiger partial charge in [0.1, 0.15) is 17.4 Å². The number of ether oxygens (including phenoxy) is 2. The Balaban J connectivity index is 0.000000244. The molecule has 4 rings (SSSR count). The van der Waals surface area contributed by atoms with Gasteiger partial charge in [-0.1, -0.05) is 44.2 Å². The quantitative estimate of drug-likeness (QED) is 0.481. The van der Waals surface area contributed by atoms with Crippen molar-refractivity contribution in [2.45, 2.75) is 59.1 Å². The molecular formula is C28H36N2O6. The molecule has 0 radical (unpaired) electrons. The van der Waals surface area contributed by atoms with E-state index in [2.05, 4.69) is 4.98 Å². The van der Waals surface area contributed by atoms with Gasteiger partial charge in [0.25, 0.3) is 0 Å². The molecule has 2 aromatic carbocycles. The van der Waals surface area contributed by atoms with Gasteiger partial charge >= 0.3 is 12.1 Å². The molecule has 1 saturated heterocycles. The van der Waals surface area contributed by atoms with Crippen molar-refractivity contribution >= 4 is 23.0 Å². The molecule has 2 N–H and O–H groups in total. The van der Waals surface area contributed by atoms with Crippen LogP contribution in [0.4, 0.5) is 4.79 Å². The van der Waals surface area contributed by atoms with Gasteiger partial charge in [-0.15, -0.1) is 0 Å². The van der Waals surface area contributed by atoms with Crippen molar-refractivity contribution in [3.8, 4) is 17.0 Å². The highest BCUT2D eigenvalue weighted by Gasteiger charge is 2.36. The largest absolute Gasteiger partial charge is 0.497 e. The molecule has 1 aliphatic heterocycles. The molecule has 1 amide bonds. The number of H-pyrrole nitrogens is 1. The van der Waals surface area contributed by atoms with Crippen LogP contribution in [0, 0.1) is 0 Å². The monoisotopic (exact) mass is 496 g/mol. The Kier molecular flexibility index (Phi) is 10.1. The molecule has 194 valence electrons. The number of amides is 1. The normalized spacial score (nSPS) is 14.7. The van der Waals surface area contributed by atoms with Crippen LogP contribution in [0.1, 0.15) is 47.5 Å². The van der Waals surface area contributed by atoms with Crippen molar-refractivity contribution in [3.63, 3.8) is 0 Å². The van der Waals surface area contributed by atoms with Gasteiger partial charge in [-0.3, -0.25) is 9.69 Å². The molecule has 1 aromatic heterocycles. The summed E-state index contributed by atoms with van der Waals surface area (Å²) in [6, 6.07) is 16.1. The molecule has 0 aliphatic carbocycles. The Bertz CT molecular complexity index is 1210. The Morgan fingerprint density at radius 1 is 1.06 bits per heavy atom. The summed E-state index contributed by atoms with van der Waals surface area (Å²) in [5, 5.41) is 9.55. The van der Waals surface area contributed by atoms with Crippen LogP contribution in [0.25, 0.3) is 22.2 Å². The third kappa shape index (κ3) is 7.60. The minimum Gasteiger partial charge on any atom is -0.497 e. The summed E-state index contributed by atoms with van der Waals surface area (Å²) < 4.78 is 10.3. The number of hydrogen-bond acceptors (Lipinski definition) is 5. The van der Waals surface area contributed by atoms with E-state index >= 15 is 0 Å². The smallest absolute Gasteiger partial charge is 0.411 e. The number of rotatable bonds is 3. The molecule has 8 heteroatoms. The Hall–Kier alpha value is -3.81. The lowest BCUT2D eigenvalue weighted by molar-refractivity contribution is -0.142. The lowest BCUT2D eigenvalue weighted by atomic mass is 10.1. The van der Waals surface area contributed by atoms with Crippen LogP contribution in [0.15, 0.2) is 59.4 Å². The predicted molar refractivity (Wildman–Crippen MR) is 142 cm³/mol. The van der Waals surface area contributed by atoms with Crippen molar-refractivity contribution in [3.05, 3.63) is 64.8 Å². The van der Waals surface area contributed by atoms with Crippen molar-refractivity contribution in [2.24, 2.45) is 0 Å². The average molecular weight is 497 g/mol. The number of carboxylic acids is 1. The van der Waals surface area contributed by atoms with Crippen LogP contribution in [-0.2, 0) is 9.53 Å². The van der Waals surface area contributed by atoms with Crippen LogP contribution < -0.4 is 10.2 Å². The standard InChI is InChI=1S/C16H13NO2.C10H17NO4.C2H6/c1-19-12-7-8-13-15(9-12)17-14(10-16(13)18)11-5-3-2-4-6-11;1-10(2,3)15-9(14)11-6-4-5-7(11)8(12)13;1-2/h2-10H,1H3,(H,17,18);7H,4-6H2,1-3H3,(H,12,13);1-2H3. The highest BCUT2D eigenvalue weighted by atomic mass is 16.6. The number of carbonyl (C=O) groups is 2. The number of nitrogens with zero attached hydrogens (tertiary/aromatic N) is 1. The summed E-state index contributed by atoms with van der Waals surface area (Å²) in [5.74, 6) is -0.230. The molecule has 1 unspecified atom stereocenters. The number of hydrogen-bond donors (Lipinski definition) is 2. The summed E-state index contributed by atoms with van der Waals surface area (Å²) in [6.45, 7) is 9.75. The maximum Gasteiger partial charge on any atom is 0.411 e. The highest BCUT2D eigenvalue weighted by molar-refractivity contribution is 5.83. The van der Waals surface area contributed by atoms with E-state index in [1.165, 1.54) is 4.90 Å². The number of nitrogens with one attached hydrogen (secondary N) is 1. The minimum absolute atomic E-state index is 0.00950. The molecule has 0 spiro atoms. The molecule has 2 heterocycles. The summed E-state index contributed by atoms with van der Waals surface area (Å²) in [4.78, 5) is 39.1. The van der Waals surface area contributed by atoms with Crippen molar-refractivity contribution < 1.29 is 24.2 Å². The van der Waals surface area contributed by atoms with E-state index in [9.17, 15) is 14.4 Å². The van der Waals surface area contributed by atoms with Gasteiger partial charge in [0.2, 0.25) is 0 Å². The number of benzene rings is 2. The molecule has 1 aliphatic rings. The zero-order chi connectivity index (χ0) is 26.9. The minimum atomic E-state index is -0.960. The fourth-order valence-corrected chi connectivity index (χ4v) is 3.69. The van der Waals surface area contributed by atoms with Crippen LogP contribution >= 0.6 is 0 Å². The average Bonchev–Trinajstić information content (AvgIpc) is 3.36. The van der Waals surface area contributed by atoms with Crippen LogP contribution in [0.2, 0.25) is 0 Å². The summed E-state index contributed by atoms with van der Waals surface area (Å²) in [5.41, 5.74) is 2.01. The van der Waals surface area contributed by atoms with E-state index in [4.69, 9.17) is 14.6 Å². The van der Waals surface area contributed by atoms with Gasteiger partial charge in [0.05, 0.1) is 12.6 Å². The first kappa shape index (κ1) is 28.4. The van der Waals surface area contributed by atoms with Gasteiger partial charge in [-0.05, 0) is 51.3 Å². The Labute approximate surface area is 211 Å². The molecule has 1 fully saturated rings. The fraction of sp³-hybridized carbons (Fsp3) is 0.393. The number of likely N-dealkylation sites (tertiary alicyclic amines) is 1. The number of carboxylic acid groups (broad SMARTS) is 1. The summed E-state index contributed by atoms with van der Waals surface area (Å²) in [6.07, 6.45) is 0.692. The lowest BCUT2D eigenvalue weighted by Gasteiger charge is -2.26.